The second-order valence-electron chi connectivity index (χ2n) is 6.05. The summed E-state index contributed by atoms with van der Waals surface area (Å²) in [5, 5.41) is 0. The van der Waals surface area contributed by atoms with Crippen molar-refractivity contribution in [2.45, 2.75) is 26.7 Å². The highest BCUT2D eigenvalue weighted by Crippen LogP contribution is 2.37. The maximum atomic E-state index is 12.3. The van der Waals surface area contributed by atoms with Gasteiger partial charge in [-0.3, -0.25) is 9.59 Å². The third kappa shape index (κ3) is 3.69. The van der Waals surface area contributed by atoms with Crippen molar-refractivity contribution < 1.29 is 14.3 Å². The van der Waals surface area contributed by atoms with Crippen LogP contribution in [-0.2, 0) is 14.3 Å². The zero-order chi connectivity index (χ0) is 15.5. The van der Waals surface area contributed by atoms with E-state index in [1.165, 1.54) is 13.2 Å². The van der Waals surface area contributed by atoms with Crippen LogP contribution in [0.1, 0.15) is 32.3 Å². The fraction of sp³-hybridized carbons (Fsp3) is 0.333. The molecule has 3 heteroatoms. The lowest BCUT2D eigenvalue weighted by atomic mass is 9.75. The van der Waals surface area contributed by atoms with E-state index < -0.39 is 0 Å². The van der Waals surface area contributed by atoms with Crippen LogP contribution in [0.15, 0.2) is 47.7 Å². The number of Topliss-reactive ketones (excluding diaryl/α,β-unsaturated/α-hetero) is 1. The molecule has 0 saturated carbocycles. The molecule has 0 fully saturated rings. The summed E-state index contributed by atoms with van der Waals surface area (Å²) in [6.45, 7) is 4.01. The van der Waals surface area contributed by atoms with Gasteiger partial charge in [0, 0.05) is 12.8 Å². The molecule has 0 amide bonds. The second-order valence-corrected chi connectivity index (χ2v) is 6.05. The van der Waals surface area contributed by atoms with Crippen molar-refractivity contribution in [3.05, 3.63) is 53.3 Å². The summed E-state index contributed by atoms with van der Waals surface area (Å²) in [5.41, 5.74) is 0.966. The quantitative estimate of drug-likeness (QED) is 0.627. The van der Waals surface area contributed by atoms with E-state index in [-0.39, 0.29) is 22.6 Å². The molecule has 1 aliphatic rings. The summed E-state index contributed by atoms with van der Waals surface area (Å²) in [6, 6.07) is 9.52. The van der Waals surface area contributed by atoms with Gasteiger partial charge in [0.15, 0.2) is 11.6 Å². The zero-order valence-corrected chi connectivity index (χ0v) is 12.7. The Kier molecular flexibility index (Phi) is 4.41. The summed E-state index contributed by atoms with van der Waals surface area (Å²) in [7, 11) is 1.51. The van der Waals surface area contributed by atoms with Gasteiger partial charge in [0.2, 0.25) is 0 Å². The molecule has 0 unspecified atom stereocenters. The average Bonchev–Trinajstić information content (AvgIpc) is 2.44. The Morgan fingerprint density at radius 2 is 1.86 bits per heavy atom. The summed E-state index contributed by atoms with van der Waals surface area (Å²) in [5.74, 6) is 0.0842. The first-order valence-electron chi connectivity index (χ1n) is 7.01. The molecule has 0 radical (unpaired) electrons. The van der Waals surface area contributed by atoms with Crippen molar-refractivity contribution >= 4 is 17.6 Å². The number of hydrogen-bond donors (Lipinski definition) is 0. The fourth-order valence-corrected chi connectivity index (χ4v) is 2.53. The normalized spacial score (nSPS) is 18.1. The predicted molar refractivity (Wildman–Crippen MR) is 82.5 cm³/mol. The Labute approximate surface area is 125 Å². The van der Waals surface area contributed by atoms with Crippen LogP contribution >= 0.6 is 0 Å². The minimum Gasteiger partial charge on any atom is -0.500 e. The first-order chi connectivity index (χ1) is 9.93. The Hall–Kier alpha value is -2.16. The SMILES string of the molecule is COC1=C(C(=O)/C=C/c2ccccc2)C(=O)CC(C)(C)C1. The average molecular weight is 284 g/mol. The lowest BCUT2D eigenvalue weighted by Crippen LogP contribution is -2.29. The molecule has 110 valence electrons. The lowest BCUT2D eigenvalue weighted by Gasteiger charge is -2.30. The highest BCUT2D eigenvalue weighted by Gasteiger charge is 2.35. The number of ketones is 2. The molecular weight excluding hydrogens is 264 g/mol. The molecule has 0 N–H and O–H groups in total. The molecule has 3 nitrogen and oxygen atoms in total. The van der Waals surface area contributed by atoms with Crippen molar-refractivity contribution in [2.24, 2.45) is 5.41 Å². The maximum absolute atomic E-state index is 12.3. The van der Waals surface area contributed by atoms with E-state index in [0.29, 0.717) is 18.6 Å². The third-order valence-electron chi connectivity index (χ3n) is 3.56. The minimum atomic E-state index is -0.281. The summed E-state index contributed by atoms with van der Waals surface area (Å²) < 4.78 is 5.29. The monoisotopic (exact) mass is 284 g/mol. The van der Waals surface area contributed by atoms with Crippen molar-refractivity contribution in [3.8, 4) is 0 Å². The lowest BCUT2D eigenvalue weighted by molar-refractivity contribution is -0.122. The number of hydrogen-bond acceptors (Lipinski definition) is 3. The molecule has 1 aliphatic carbocycles. The standard InChI is InChI=1S/C18H20O3/c1-18(2)11-15(20)17(16(12-18)21-3)14(19)10-9-13-7-5-4-6-8-13/h4-10H,11-12H2,1-3H3/b10-9+. The van der Waals surface area contributed by atoms with Crippen LogP contribution in [0.2, 0.25) is 0 Å². The van der Waals surface area contributed by atoms with E-state index in [2.05, 4.69) is 0 Å². The van der Waals surface area contributed by atoms with Gasteiger partial charge in [0.25, 0.3) is 0 Å². The molecule has 0 atom stereocenters. The highest BCUT2D eigenvalue weighted by molar-refractivity contribution is 6.25. The van der Waals surface area contributed by atoms with Crippen LogP contribution in [0.5, 0.6) is 0 Å². The minimum absolute atomic E-state index is 0.134. The Bertz CT molecular complexity index is 607. The van der Waals surface area contributed by atoms with Gasteiger partial charge in [-0.2, -0.15) is 0 Å². The number of benzene rings is 1. The van der Waals surface area contributed by atoms with E-state index >= 15 is 0 Å². The van der Waals surface area contributed by atoms with Crippen molar-refractivity contribution in [1.29, 1.82) is 0 Å². The highest BCUT2D eigenvalue weighted by atomic mass is 16.5. The molecule has 2 rings (SSSR count). The molecular formula is C18H20O3. The molecule has 0 aromatic heterocycles. The van der Waals surface area contributed by atoms with Gasteiger partial charge in [-0.1, -0.05) is 50.3 Å². The summed E-state index contributed by atoms with van der Waals surface area (Å²) in [6.07, 6.45) is 4.14. The largest absolute Gasteiger partial charge is 0.500 e. The zero-order valence-electron chi connectivity index (χ0n) is 12.7. The Morgan fingerprint density at radius 1 is 1.19 bits per heavy atom. The van der Waals surface area contributed by atoms with E-state index in [0.717, 1.165) is 5.56 Å². The van der Waals surface area contributed by atoms with Gasteiger partial charge in [0.1, 0.15) is 11.3 Å². The van der Waals surface area contributed by atoms with Gasteiger partial charge in [-0.25, -0.2) is 0 Å². The molecule has 0 aliphatic heterocycles. The number of carbonyl (C=O) groups is 2. The molecule has 1 aromatic rings. The number of rotatable bonds is 4. The number of allylic oxidation sites excluding steroid dienone is 3. The van der Waals surface area contributed by atoms with Gasteiger partial charge in [0.05, 0.1) is 7.11 Å². The van der Waals surface area contributed by atoms with Crippen LogP contribution in [-0.4, -0.2) is 18.7 Å². The van der Waals surface area contributed by atoms with Crippen molar-refractivity contribution in [2.75, 3.05) is 7.11 Å². The molecule has 1 aromatic carbocycles. The van der Waals surface area contributed by atoms with Gasteiger partial charge < -0.3 is 4.74 Å². The smallest absolute Gasteiger partial charge is 0.192 e. The molecule has 0 spiro atoms. The van der Waals surface area contributed by atoms with Crippen LogP contribution in [0.4, 0.5) is 0 Å². The molecule has 0 saturated heterocycles. The van der Waals surface area contributed by atoms with Gasteiger partial charge in [-0.15, -0.1) is 0 Å². The predicted octanol–water partition coefficient (Wildman–Crippen LogP) is 3.56. The van der Waals surface area contributed by atoms with Crippen molar-refractivity contribution in [1.82, 2.24) is 0 Å². The second kappa shape index (κ2) is 6.08. The van der Waals surface area contributed by atoms with Crippen LogP contribution in [0, 0.1) is 5.41 Å². The van der Waals surface area contributed by atoms with E-state index in [1.807, 2.05) is 44.2 Å². The third-order valence-corrected chi connectivity index (χ3v) is 3.56. The van der Waals surface area contributed by atoms with Crippen LogP contribution in [0.3, 0.4) is 0 Å². The topological polar surface area (TPSA) is 43.4 Å². The Morgan fingerprint density at radius 3 is 2.48 bits per heavy atom. The summed E-state index contributed by atoms with van der Waals surface area (Å²) in [4.78, 5) is 24.6. The number of methoxy groups -OCH3 is 1. The van der Waals surface area contributed by atoms with Crippen LogP contribution in [0.25, 0.3) is 6.08 Å². The van der Waals surface area contributed by atoms with Crippen molar-refractivity contribution in [3.63, 3.8) is 0 Å². The van der Waals surface area contributed by atoms with Crippen LogP contribution < -0.4 is 0 Å². The Balaban J connectivity index is 2.26. The van der Waals surface area contributed by atoms with E-state index in [1.54, 1.807) is 6.08 Å². The first kappa shape index (κ1) is 15.2. The van der Waals surface area contributed by atoms with E-state index in [4.69, 9.17) is 4.74 Å². The first-order valence-corrected chi connectivity index (χ1v) is 7.01. The van der Waals surface area contributed by atoms with Gasteiger partial charge in [-0.05, 0) is 17.1 Å². The fourth-order valence-electron chi connectivity index (χ4n) is 2.53. The van der Waals surface area contributed by atoms with E-state index in [9.17, 15) is 9.59 Å². The number of carbonyl (C=O) groups excluding carboxylic acids is 2. The maximum Gasteiger partial charge on any atom is 0.192 e. The van der Waals surface area contributed by atoms with Gasteiger partial charge >= 0.3 is 0 Å². The number of ether oxygens (including phenoxy) is 1. The summed E-state index contributed by atoms with van der Waals surface area (Å²) >= 11 is 0. The molecule has 0 bridgehead atoms. The molecule has 0 heterocycles. The molecule has 21 heavy (non-hydrogen) atoms.